The first-order valence-corrected chi connectivity index (χ1v) is 10.4. The topological polar surface area (TPSA) is 44.6 Å². The van der Waals surface area contributed by atoms with Gasteiger partial charge in [-0.25, -0.2) is 9.97 Å². The van der Waals surface area contributed by atoms with Crippen LogP contribution in [0.1, 0.15) is 18.7 Å². The van der Waals surface area contributed by atoms with Crippen LogP contribution in [-0.4, -0.2) is 62.7 Å². The highest BCUT2D eigenvalue weighted by Crippen LogP contribution is 2.44. The van der Waals surface area contributed by atoms with Crippen molar-refractivity contribution >= 4 is 44.3 Å². The molecule has 5 nitrogen and oxygen atoms in total. The van der Waals surface area contributed by atoms with Crippen LogP contribution >= 0.6 is 23.1 Å². The predicted molar refractivity (Wildman–Crippen MR) is 103 cm³/mol. The van der Waals surface area contributed by atoms with Gasteiger partial charge in [0, 0.05) is 22.7 Å². The summed E-state index contributed by atoms with van der Waals surface area (Å²) in [5, 5.41) is 1.85. The van der Waals surface area contributed by atoms with Gasteiger partial charge in [-0.2, -0.15) is 13.2 Å². The van der Waals surface area contributed by atoms with Crippen molar-refractivity contribution < 1.29 is 13.2 Å². The summed E-state index contributed by atoms with van der Waals surface area (Å²) in [4.78, 5) is 18.7. The van der Waals surface area contributed by atoms with Crippen LogP contribution in [0.5, 0.6) is 0 Å². The molecule has 5 heterocycles. The minimum Gasteiger partial charge on any atom is -0.347 e. The molecule has 0 saturated carbocycles. The Hall–Kier alpha value is -1.55. The summed E-state index contributed by atoms with van der Waals surface area (Å²) >= 11 is 2.93. The molecule has 3 aliphatic rings. The van der Waals surface area contributed by atoms with Gasteiger partial charge in [0.15, 0.2) is 5.17 Å². The monoisotopic (exact) mass is 413 g/mol. The summed E-state index contributed by atoms with van der Waals surface area (Å²) in [6.07, 6.45) is -3.67. The molecule has 0 N–H and O–H groups in total. The Labute approximate surface area is 162 Å². The van der Waals surface area contributed by atoms with Crippen molar-refractivity contribution in [2.75, 3.05) is 24.5 Å². The van der Waals surface area contributed by atoms with Gasteiger partial charge >= 0.3 is 6.18 Å². The minimum atomic E-state index is -4.21. The molecule has 2 aromatic rings. The fraction of sp³-hybridized carbons (Fsp3) is 0.588. The Kier molecular flexibility index (Phi) is 3.72. The number of hydrogen-bond donors (Lipinski definition) is 0. The van der Waals surface area contributed by atoms with E-state index in [1.54, 1.807) is 6.07 Å². The van der Waals surface area contributed by atoms with Crippen molar-refractivity contribution in [1.29, 1.82) is 0 Å². The van der Waals surface area contributed by atoms with E-state index in [1.807, 2.05) is 11.8 Å². The van der Waals surface area contributed by atoms with Gasteiger partial charge in [0.05, 0.1) is 30.4 Å². The summed E-state index contributed by atoms with van der Waals surface area (Å²) in [6.45, 7) is 6.95. The number of nitrogens with zero attached hydrogens (tertiary/aromatic N) is 5. The molecule has 10 heteroatoms. The van der Waals surface area contributed by atoms with Gasteiger partial charge in [-0.1, -0.05) is 11.8 Å². The van der Waals surface area contributed by atoms with E-state index in [0.29, 0.717) is 16.9 Å². The second kappa shape index (κ2) is 5.73. The smallest absolute Gasteiger partial charge is 0.347 e. The van der Waals surface area contributed by atoms with Crippen molar-refractivity contribution in [2.45, 2.75) is 43.3 Å². The van der Waals surface area contributed by atoms with E-state index in [9.17, 15) is 13.2 Å². The largest absolute Gasteiger partial charge is 0.393 e. The normalized spacial score (nSPS) is 26.6. The third kappa shape index (κ3) is 2.97. The third-order valence-corrected chi connectivity index (χ3v) is 7.50. The zero-order valence-electron chi connectivity index (χ0n) is 14.8. The summed E-state index contributed by atoms with van der Waals surface area (Å²) in [6, 6.07) is 2.37. The number of anilines is 1. The Balaban J connectivity index is 1.33. The molecule has 3 aliphatic heterocycles. The summed E-state index contributed by atoms with van der Waals surface area (Å²) < 4.78 is 38.3. The predicted octanol–water partition coefficient (Wildman–Crippen LogP) is 3.55. The number of hydrogen-bond acceptors (Lipinski definition) is 7. The van der Waals surface area contributed by atoms with Gasteiger partial charge in [0.2, 0.25) is 0 Å². The molecular formula is C17H18F3N5S2. The number of likely N-dealkylation sites (tertiary alicyclic amines) is 1. The molecule has 2 atom stereocenters. The molecule has 144 valence electrons. The molecule has 0 amide bonds. The van der Waals surface area contributed by atoms with Gasteiger partial charge in [-0.15, -0.1) is 11.3 Å². The maximum absolute atomic E-state index is 12.7. The maximum Gasteiger partial charge on any atom is 0.393 e. The summed E-state index contributed by atoms with van der Waals surface area (Å²) in [5.41, 5.74) is 0. The van der Waals surface area contributed by atoms with E-state index in [0.717, 1.165) is 47.3 Å². The molecule has 5 rings (SSSR count). The zero-order chi connectivity index (χ0) is 19.0. The number of thioether (sulfide) groups is 1. The van der Waals surface area contributed by atoms with E-state index < -0.39 is 12.6 Å². The van der Waals surface area contributed by atoms with Crippen LogP contribution in [0.25, 0.3) is 10.2 Å². The lowest BCUT2D eigenvalue weighted by Gasteiger charge is -2.62. The molecule has 2 fully saturated rings. The minimum absolute atomic E-state index is 0.161. The Morgan fingerprint density at radius 2 is 1.93 bits per heavy atom. The molecule has 0 spiro atoms. The molecule has 2 saturated heterocycles. The first-order valence-electron chi connectivity index (χ1n) is 8.77. The van der Waals surface area contributed by atoms with Crippen molar-refractivity contribution in [1.82, 2.24) is 14.9 Å². The highest BCUT2D eigenvalue weighted by molar-refractivity contribution is 8.15. The molecule has 0 bridgehead atoms. The Bertz CT molecular complexity index is 938. The number of alkyl halides is 3. The fourth-order valence-corrected chi connectivity index (χ4v) is 5.94. The number of fused-ring (bicyclic) bond motifs is 2. The van der Waals surface area contributed by atoms with Gasteiger partial charge in [0.25, 0.3) is 0 Å². The number of piperazine rings is 1. The lowest BCUT2D eigenvalue weighted by atomic mass is 9.86. The molecule has 2 aromatic heterocycles. The molecule has 0 aliphatic carbocycles. The van der Waals surface area contributed by atoms with Crippen LogP contribution in [-0.2, 0) is 6.42 Å². The quantitative estimate of drug-likeness (QED) is 0.754. The van der Waals surface area contributed by atoms with Crippen molar-refractivity contribution in [3.8, 4) is 0 Å². The van der Waals surface area contributed by atoms with Crippen LogP contribution in [0.15, 0.2) is 17.4 Å². The van der Waals surface area contributed by atoms with Crippen molar-refractivity contribution in [2.24, 2.45) is 4.99 Å². The van der Waals surface area contributed by atoms with E-state index in [-0.39, 0.29) is 9.62 Å². The lowest BCUT2D eigenvalue weighted by Crippen LogP contribution is -2.79. The number of aromatic nitrogens is 2. The number of aliphatic imine (C=N–C) groups is 1. The van der Waals surface area contributed by atoms with E-state index in [1.165, 1.54) is 6.33 Å². The standard InChI is InChI=1S/C17H18F3N5S2/c1-16(2)7-21-15(27-16)25-6-11-12(25)5-24(11)13-10-3-9(4-17(18,19)20)26-14(10)23-8-22-13/h3,8,11-12H,4-7H2,1-2H3/t11-,12?/m1/s1. The summed E-state index contributed by atoms with van der Waals surface area (Å²) in [7, 11) is 0. The first-order chi connectivity index (χ1) is 12.7. The molecule has 1 unspecified atom stereocenters. The highest BCUT2D eigenvalue weighted by Gasteiger charge is 2.54. The van der Waals surface area contributed by atoms with E-state index in [2.05, 4.69) is 38.6 Å². The van der Waals surface area contributed by atoms with Crippen molar-refractivity contribution in [3.63, 3.8) is 0 Å². The van der Waals surface area contributed by atoms with Crippen LogP contribution in [0.2, 0.25) is 0 Å². The van der Waals surface area contributed by atoms with Crippen molar-refractivity contribution in [3.05, 3.63) is 17.3 Å². The molecular weight excluding hydrogens is 395 g/mol. The number of amidine groups is 1. The zero-order valence-corrected chi connectivity index (χ0v) is 16.5. The van der Waals surface area contributed by atoms with Crippen LogP contribution < -0.4 is 4.90 Å². The van der Waals surface area contributed by atoms with Gasteiger partial charge in [-0.3, -0.25) is 4.99 Å². The Morgan fingerprint density at radius 3 is 2.56 bits per heavy atom. The average Bonchev–Trinajstić information content (AvgIpc) is 3.09. The summed E-state index contributed by atoms with van der Waals surface area (Å²) in [5.74, 6) is 0.756. The van der Waals surface area contributed by atoms with Crippen LogP contribution in [0, 0.1) is 0 Å². The first kappa shape index (κ1) is 17.5. The second-order valence-electron chi connectivity index (χ2n) is 7.82. The number of rotatable bonds is 2. The number of thiophene rings is 1. The molecule has 0 aromatic carbocycles. The average molecular weight is 413 g/mol. The van der Waals surface area contributed by atoms with Gasteiger partial charge < -0.3 is 9.80 Å². The fourth-order valence-electron chi connectivity index (χ4n) is 3.84. The van der Waals surface area contributed by atoms with E-state index >= 15 is 0 Å². The third-order valence-electron chi connectivity index (χ3n) is 5.23. The van der Waals surface area contributed by atoms with Gasteiger partial charge in [0.1, 0.15) is 17.0 Å². The SMILES string of the molecule is CC1(C)CN=C(N2C[C@@H]3C2CN3c2ncnc3sc(CC(F)(F)F)cc23)S1. The van der Waals surface area contributed by atoms with Crippen LogP contribution in [0.4, 0.5) is 19.0 Å². The van der Waals surface area contributed by atoms with Crippen LogP contribution in [0.3, 0.4) is 0 Å². The van der Waals surface area contributed by atoms with Gasteiger partial charge in [-0.05, 0) is 19.9 Å². The van der Waals surface area contributed by atoms with E-state index in [4.69, 9.17) is 0 Å². The molecule has 27 heavy (non-hydrogen) atoms. The molecule has 0 radical (unpaired) electrons. The maximum atomic E-state index is 12.7. The lowest BCUT2D eigenvalue weighted by molar-refractivity contribution is -0.126. The highest BCUT2D eigenvalue weighted by atomic mass is 32.2. The second-order valence-corrected chi connectivity index (χ2v) is 10.6. The number of halogens is 3. The Morgan fingerprint density at radius 1 is 1.19 bits per heavy atom.